The predicted molar refractivity (Wildman–Crippen MR) is 75.6 cm³/mol. The summed E-state index contributed by atoms with van der Waals surface area (Å²) in [6, 6.07) is 0. The lowest BCUT2D eigenvalue weighted by molar-refractivity contribution is 0.102. The lowest BCUT2D eigenvalue weighted by Gasteiger charge is -2.18. The molecule has 1 aliphatic carbocycles. The van der Waals surface area contributed by atoms with Crippen molar-refractivity contribution in [3.63, 3.8) is 0 Å². The molecule has 1 aromatic heterocycles. The van der Waals surface area contributed by atoms with Crippen LogP contribution in [0, 0.1) is 5.92 Å². The first-order valence-electron chi connectivity index (χ1n) is 8.03. The number of ether oxygens (including phenoxy) is 1. The minimum atomic E-state index is 0.393. The molecule has 112 valence electrons. The fourth-order valence-corrected chi connectivity index (χ4v) is 3.19. The molecule has 0 bridgehead atoms. The van der Waals surface area contributed by atoms with Gasteiger partial charge in [0.2, 0.25) is 5.89 Å². The van der Waals surface area contributed by atoms with Crippen molar-refractivity contribution in [2.24, 2.45) is 5.92 Å². The zero-order valence-electron chi connectivity index (χ0n) is 12.1. The number of nitrogens with zero attached hydrogens (tertiary/aromatic N) is 2. The number of piperidine rings is 1. The molecule has 5 nitrogen and oxygen atoms in total. The van der Waals surface area contributed by atoms with Crippen molar-refractivity contribution in [2.75, 3.05) is 26.3 Å². The van der Waals surface area contributed by atoms with Crippen molar-refractivity contribution in [3.8, 4) is 0 Å². The molecular formula is C15H25N3O2. The third-order valence-electron chi connectivity index (χ3n) is 4.43. The average molecular weight is 279 g/mol. The molecule has 1 saturated heterocycles. The van der Waals surface area contributed by atoms with Crippen molar-refractivity contribution in [3.05, 3.63) is 11.7 Å². The monoisotopic (exact) mass is 279 g/mol. The molecule has 1 aromatic rings. The van der Waals surface area contributed by atoms with Gasteiger partial charge in [-0.2, -0.15) is 4.98 Å². The van der Waals surface area contributed by atoms with Gasteiger partial charge in [0.15, 0.2) is 5.82 Å². The van der Waals surface area contributed by atoms with E-state index in [1.807, 2.05) is 0 Å². The summed E-state index contributed by atoms with van der Waals surface area (Å²) in [5.41, 5.74) is 0. The zero-order valence-corrected chi connectivity index (χ0v) is 12.1. The summed E-state index contributed by atoms with van der Waals surface area (Å²) in [7, 11) is 0. The van der Waals surface area contributed by atoms with Crippen LogP contribution in [0.3, 0.4) is 0 Å². The van der Waals surface area contributed by atoms with Crippen LogP contribution < -0.4 is 5.32 Å². The summed E-state index contributed by atoms with van der Waals surface area (Å²) in [4.78, 5) is 4.51. The summed E-state index contributed by atoms with van der Waals surface area (Å²) in [5, 5.41) is 7.44. The van der Waals surface area contributed by atoms with E-state index >= 15 is 0 Å². The maximum absolute atomic E-state index is 5.74. The van der Waals surface area contributed by atoms with E-state index in [9.17, 15) is 0 Å². The lowest BCUT2D eigenvalue weighted by atomic mass is 10.00. The van der Waals surface area contributed by atoms with Gasteiger partial charge in [0.1, 0.15) is 0 Å². The Labute approximate surface area is 120 Å². The van der Waals surface area contributed by atoms with Gasteiger partial charge in [-0.15, -0.1) is 0 Å². The van der Waals surface area contributed by atoms with Crippen LogP contribution in [0.5, 0.6) is 0 Å². The molecule has 1 saturated carbocycles. The molecule has 1 aliphatic heterocycles. The van der Waals surface area contributed by atoms with Crippen molar-refractivity contribution >= 4 is 0 Å². The van der Waals surface area contributed by atoms with E-state index in [2.05, 4.69) is 15.5 Å². The Bertz CT molecular complexity index is 396. The van der Waals surface area contributed by atoms with Gasteiger partial charge in [-0.25, -0.2) is 0 Å². The van der Waals surface area contributed by atoms with Gasteiger partial charge in [-0.05, 0) is 38.1 Å². The molecule has 0 radical (unpaired) electrons. The minimum Gasteiger partial charge on any atom is -0.381 e. The first kappa shape index (κ1) is 14.0. The minimum absolute atomic E-state index is 0.393. The molecule has 20 heavy (non-hydrogen) atoms. The number of nitrogens with one attached hydrogen (secondary N) is 1. The summed E-state index contributed by atoms with van der Waals surface area (Å²) in [5.74, 6) is 2.76. The zero-order chi connectivity index (χ0) is 13.6. The van der Waals surface area contributed by atoms with Crippen LogP contribution in [0.4, 0.5) is 0 Å². The quantitative estimate of drug-likeness (QED) is 0.810. The first-order chi connectivity index (χ1) is 9.92. The predicted octanol–water partition coefficient (Wildman–Crippen LogP) is 2.29. The SMILES string of the molecule is C1CCC(COCCc2noc(C3CCCNC3)n2)C1. The third-order valence-corrected chi connectivity index (χ3v) is 4.43. The first-order valence-corrected chi connectivity index (χ1v) is 8.03. The smallest absolute Gasteiger partial charge is 0.231 e. The molecule has 1 N–H and O–H groups in total. The Kier molecular flexibility index (Phi) is 5.03. The highest BCUT2D eigenvalue weighted by atomic mass is 16.5. The van der Waals surface area contributed by atoms with Crippen LogP contribution in [0.25, 0.3) is 0 Å². The fraction of sp³-hybridized carbons (Fsp3) is 0.867. The van der Waals surface area contributed by atoms with Crippen LogP contribution >= 0.6 is 0 Å². The Hall–Kier alpha value is -0.940. The number of rotatable bonds is 6. The van der Waals surface area contributed by atoms with Crippen molar-refractivity contribution < 1.29 is 9.26 Å². The van der Waals surface area contributed by atoms with Crippen molar-refractivity contribution in [1.82, 2.24) is 15.5 Å². The highest BCUT2D eigenvalue weighted by molar-refractivity contribution is 4.96. The van der Waals surface area contributed by atoms with E-state index < -0.39 is 0 Å². The van der Waals surface area contributed by atoms with E-state index in [4.69, 9.17) is 9.26 Å². The number of aromatic nitrogens is 2. The third kappa shape index (κ3) is 3.79. The normalized spacial score (nSPS) is 24.3. The van der Waals surface area contributed by atoms with Crippen molar-refractivity contribution in [1.29, 1.82) is 0 Å². The van der Waals surface area contributed by atoms with Crippen LogP contribution in [0.15, 0.2) is 4.52 Å². The Morgan fingerprint density at radius 2 is 2.10 bits per heavy atom. The molecule has 5 heteroatoms. The second-order valence-electron chi connectivity index (χ2n) is 6.07. The molecule has 1 unspecified atom stereocenters. The van der Waals surface area contributed by atoms with Crippen LogP contribution in [-0.2, 0) is 11.2 Å². The second kappa shape index (κ2) is 7.18. The maximum atomic E-state index is 5.74. The van der Waals surface area contributed by atoms with Crippen molar-refractivity contribution in [2.45, 2.75) is 50.9 Å². The molecule has 1 atom stereocenters. The van der Waals surface area contributed by atoms with E-state index in [1.165, 1.54) is 32.1 Å². The van der Waals surface area contributed by atoms with Crippen LogP contribution in [-0.4, -0.2) is 36.4 Å². The van der Waals surface area contributed by atoms with Gasteiger partial charge in [0, 0.05) is 19.6 Å². The second-order valence-corrected chi connectivity index (χ2v) is 6.07. The Morgan fingerprint density at radius 1 is 1.20 bits per heavy atom. The van der Waals surface area contributed by atoms with Crippen LogP contribution in [0.2, 0.25) is 0 Å². The summed E-state index contributed by atoms with van der Waals surface area (Å²) >= 11 is 0. The molecular weight excluding hydrogens is 254 g/mol. The molecule has 2 aliphatic rings. The van der Waals surface area contributed by atoms with E-state index in [0.29, 0.717) is 12.5 Å². The summed E-state index contributed by atoms with van der Waals surface area (Å²) in [6.07, 6.45) is 8.51. The van der Waals surface area contributed by atoms with Gasteiger partial charge in [0.25, 0.3) is 0 Å². The Morgan fingerprint density at radius 3 is 2.90 bits per heavy atom. The fourth-order valence-electron chi connectivity index (χ4n) is 3.19. The van der Waals surface area contributed by atoms with Gasteiger partial charge >= 0.3 is 0 Å². The van der Waals surface area contributed by atoms with Gasteiger partial charge in [-0.1, -0.05) is 18.0 Å². The van der Waals surface area contributed by atoms with E-state index in [1.54, 1.807) is 0 Å². The Balaban J connectivity index is 1.38. The lowest BCUT2D eigenvalue weighted by Crippen LogP contribution is -2.28. The highest BCUT2D eigenvalue weighted by Gasteiger charge is 2.21. The average Bonchev–Trinajstić information content (AvgIpc) is 3.16. The summed E-state index contributed by atoms with van der Waals surface area (Å²) in [6.45, 7) is 3.67. The molecule has 0 aromatic carbocycles. The topological polar surface area (TPSA) is 60.2 Å². The standard InChI is InChI=1S/C15H25N3O2/c1-2-5-12(4-1)11-19-9-7-14-17-15(20-18-14)13-6-3-8-16-10-13/h12-13,16H,1-11H2. The largest absolute Gasteiger partial charge is 0.381 e. The van der Waals surface area contributed by atoms with Gasteiger partial charge in [-0.3, -0.25) is 0 Å². The molecule has 2 heterocycles. The van der Waals surface area contributed by atoms with Gasteiger partial charge in [0.05, 0.1) is 12.5 Å². The van der Waals surface area contributed by atoms with E-state index in [-0.39, 0.29) is 0 Å². The molecule has 2 fully saturated rings. The molecule has 0 spiro atoms. The van der Waals surface area contributed by atoms with E-state index in [0.717, 1.165) is 50.2 Å². The number of hydrogen-bond donors (Lipinski definition) is 1. The molecule has 3 rings (SSSR count). The summed E-state index contributed by atoms with van der Waals surface area (Å²) < 4.78 is 11.1. The van der Waals surface area contributed by atoms with Gasteiger partial charge < -0.3 is 14.6 Å². The molecule has 0 amide bonds. The highest BCUT2D eigenvalue weighted by Crippen LogP contribution is 2.24. The maximum Gasteiger partial charge on any atom is 0.231 e. The number of hydrogen-bond acceptors (Lipinski definition) is 5. The van der Waals surface area contributed by atoms with Crippen LogP contribution in [0.1, 0.15) is 56.2 Å².